The molecule has 0 bridgehead atoms. The van der Waals surface area contributed by atoms with Crippen LogP contribution in [0, 0.1) is 13.8 Å². The van der Waals surface area contributed by atoms with Crippen molar-refractivity contribution in [1.82, 2.24) is 0 Å². The molecule has 1 amide bonds. The van der Waals surface area contributed by atoms with Gasteiger partial charge in [-0.05, 0) is 73.4 Å². The lowest BCUT2D eigenvalue weighted by molar-refractivity contribution is 0.0971. The van der Waals surface area contributed by atoms with E-state index in [9.17, 15) is 9.59 Å². The third-order valence-corrected chi connectivity index (χ3v) is 6.21. The topological polar surface area (TPSA) is 59.8 Å². The molecular formula is C28H25NO4. The van der Waals surface area contributed by atoms with E-state index in [1.807, 2.05) is 56.3 Å². The van der Waals surface area contributed by atoms with E-state index >= 15 is 0 Å². The lowest BCUT2D eigenvalue weighted by Crippen LogP contribution is -2.29. The van der Waals surface area contributed by atoms with Gasteiger partial charge in [0, 0.05) is 5.69 Å². The van der Waals surface area contributed by atoms with Gasteiger partial charge in [-0.1, -0.05) is 37.3 Å². The third kappa shape index (κ3) is 3.50. The van der Waals surface area contributed by atoms with Gasteiger partial charge in [0.05, 0.1) is 23.6 Å². The zero-order valence-corrected chi connectivity index (χ0v) is 18.9. The van der Waals surface area contributed by atoms with E-state index in [4.69, 9.17) is 9.15 Å². The van der Waals surface area contributed by atoms with E-state index in [0.717, 1.165) is 34.5 Å². The van der Waals surface area contributed by atoms with E-state index in [0.29, 0.717) is 23.1 Å². The molecule has 0 spiro atoms. The van der Waals surface area contributed by atoms with Crippen LogP contribution in [0.15, 0.2) is 75.9 Å². The number of para-hydroxylation sites is 1. The summed E-state index contributed by atoms with van der Waals surface area (Å²) in [5, 5.41) is 0.471. The Hall–Kier alpha value is -3.86. The standard InChI is InChI=1S/C28H25NO4/c1-4-15-32-21-13-10-19(11-14-21)25-24-26(30)22-7-5-6-8-23(22)33-27(24)28(31)29(25)20-12-9-17(2)18(3)16-20/h5-14,16,25H,4,15H2,1-3H3. The highest BCUT2D eigenvalue weighted by molar-refractivity contribution is 6.10. The van der Waals surface area contributed by atoms with Crippen molar-refractivity contribution in [1.29, 1.82) is 0 Å². The van der Waals surface area contributed by atoms with Gasteiger partial charge in [-0.15, -0.1) is 0 Å². The van der Waals surface area contributed by atoms with Gasteiger partial charge in [0.1, 0.15) is 11.3 Å². The first-order valence-corrected chi connectivity index (χ1v) is 11.2. The fourth-order valence-electron chi connectivity index (χ4n) is 4.34. The molecule has 5 rings (SSSR count). The normalized spacial score (nSPS) is 15.2. The van der Waals surface area contributed by atoms with Crippen LogP contribution in [-0.2, 0) is 0 Å². The quantitative estimate of drug-likeness (QED) is 0.386. The molecule has 33 heavy (non-hydrogen) atoms. The first-order valence-electron chi connectivity index (χ1n) is 11.2. The molecule has 3 aromatic carbocycles. The predicted molar refractivity (Wildman–Crippen MR) is 129 cm³/mol. The van der Waals surface area contributed by atoms with Crippen molar-refractivity contribution in [2.24, 2.45) is 0 Å². The second-order valence-electron chi connectivity index (χ2n) is 8.43. The molecule has 1 aromatic heterocycles. The molecule has 1 aliphatic rings. The van der Waals surface area contributed by atoms with Gasteiger partial charge in [0.2, 0.25) is 5.76 Å². The zero-order valence-electron chi connectivity index (χ0n) is 18.9. The first kappa shape index (κ1) is 21.0. The number of hydrogen-bond acceptors (Lipinski definition) is 4. The van der Waals surface area contributed by atoms with Gasteiger partial charge in [-0.25, -0.2) is 0 Å². The van der Waals surface area contributed by atoms with Crippen LogP contribution < -0.4 is 15.1 Å². The highest BCUT2D eigenvalue weighted by atomic mass is 16.5. The molecule has 0 saturated heterocycles. The smallest absolute Gasteiger partial charge is 0.295 e. The molecule has 1 aliphatic heterocycles. The lowest BCUT2D eigenvalue weighted by Gasteiger charge is -2.26. The fraction of sp³-hybridized carbons (Fsp3) is 0.214. The molecule has 1 unspecified atom stereocenters. The number of carbonyl (C=O) groups is 1. The van der Waals surface area contributed by atoms with Gasteiger partial charge in [-0.2, -0.15) is 0 Å². The SMILES string of the molecule is CCCOc1ccc(C2c3c(oc4ccccc4c3=O)C(=O)N2c2ccc(C)c(C)c2)cc1. The predicted octanol–water partition coefficient (Wildman–Crippen LogP) is 5.95. The zero-order chi connectivity index (χ0) is 23.1. The Labute approximate surface area is 192 Å². The summed E-state index contributed by atoms with van der Waals surface area (Å²) in [6, 6.07) is 20.0. The van der Waals surface area contributed by atoms with E-state index in [1.54, 1.807) is 29.2 Å². The Morgan fingerprint density at radius 2 is 1.70 bits per heavy atom. The summed E-state index contributed by atoms with van der Waals surface area (Å²) in [4.78, 5) is 28.9. The van der Waals surface area contributed by atoms with Crippen molar-refractivity contribution in [2.45, 2.75) is 33.2 Å². The van der Waals surface area contributed by atoms with E-state index in [1.165, 1.54) is 0 Å². The maximum atomic E-state index is 13.6. The number of carbonyl (C=O) groups excluding carboxylic acids is 1. The van der Waals surface area contributed by atoms with Gasteiger partial charge in [0.15, 0.2) is 5.43 Å². The van der Waals surface area contributed by atoms with Crippen LogP contribution >= 0.6 is 0 Å². The lowest BCUT2D eigenvalue weighted by atomic mass is 9.98. The van der Waals surface area contributed by atoms with Crippen molar-refractivity contribution in [3.63, 3.8) is 0 Å². The van der Waals surface area contributed by atoms with Crippen molar-refractivity contribution in [3.05, 3.63) is 105 Å². The van der Waals surface area contributed by atoms with Crippen LogP contribution in [0.1, 0.15) is 52.2 Å². The molecule has 2 heterocycles. The fourth-order valence-corrected chi connectivity index (χ4v) is 4.34. The van der Waals surface area contributed by atoms with Crippen molar-refractivity contribution in [2.75, 3.05) is 11.5 Å². The summed E-state index contributed by atoms with van der Waals surface area (Å²) in [5.74, 6) is 0.550. The second kappa shape index (κ2) is 8.24. The average Bonchev–Trinajstić information content (AvgIpc) is 3.12. The number of rotatable bonds is 5. The highest BCUT2D eigenvalue weighted by Gasteiger charge is 2.43. The van der Waals surface area contributed by atoms with Crippen molar-refractivity contribution in [3.8, 4) is 5.75 Å². The molecule has 5 heteroatoms. The van der Waals surface area contributed by atoms with Gasteiger partial charge in [-0.3, -0.25) is 14.5 Å². The number of nitrogens with zero attached hydrogens (tertiary/aromatic N) is 1. The number of benzene rings is 3. The maximum absolute atomic E-state index is 13.6. The number of hydrogen-bond donors (Lipinski definition) is 0. The number of anilines is 1. The minimum Gasteiger partial charge on any atom is -0.494 e. The van der Waals surface area contributed by atoms with Crippen LogP contribution in [0.4, 0.5) is 5.69 Å². The molecule has 0 aliphatic carbocycles. The number of fused-ring (bicyclic) bond motifs is 2. The summed E-state index contributed by atoms with van der Waals surface area (Å²) in [5.41, 5.74) is 4.38. The minimum atomic E-state index is -0.587. The Morgan fingerprint density at radius 1 is 0.939 bits per heavy atom. The summed E-state index contributed by atoms with van der Waals surface area (Å²) in [6.45, 7) is 6.73. The van der Waals surface area contributed by atoms with Crippen LogP contribution in [0.25, 0.3) is 11.0 Å². The number of ether oxygens (including phenoxy) is 1. The molecule has 1 atom stereocenters. The molecule has 4 aromatic rings. The minimum absolute atomic E-state index is 0.105. The van der Waals surface area contributed by atoms with Gasteiger partial charge < -0.3 is 9.15 Å². The number of amides is 1. The molecule has 0 fully saturated rings. The van der Waals surface area contributed by atoms with Crippen LogP contribution in [0.3, 0.4) is 0 Å². The highest BCUT2D eigenvalue weighted by Crippen LogP contribution is 2.41. The van der Waals surface area contributed by atoms with Gasteiger partial charge >= 0.3 is 0 Å². The summed E-state index contributed by atoms with van der Waals surface area (Å²) in [7, 11) is 0. The molecule has 166 valence electrons. The van der Waals surface area contributed by atoms with Crippen LogP contribution in [-0.4, -0.2) is 12.5 Å². The first-order chi connectivity index (χ1) is 16.0. The molecule has 0 radical (unpaired) electrons. The Balaban J connectivity index is 1.72. The summed E-state index contributed by atoms with van der Waals surface area (Å²) in [6.07, 6.45) is 0.918. The monoisotopic (exact) mass is 439 g/mol. The third-order valence-electron chi connectivity index (χ3n) is 6.21. The summed E-state index contributed by atoms with van der Waals surface area (Å²) >= 11 is 0. The maximum Gasteiger partial charge on any atom is 0.295 e. The van der Waals surface area contributed by atoms with Crippen molar-refractivity contribution < 1.29 is 13.9 Å². The molecule has 5 nitrogen and oxygen atoms in total. The number of aryl methyl sites for hydroxylation is 2. The van der Waals surface area contributed by atoms with Crippen LogP contribution in [0.2, 0.25) is 0 Å². The molecule has 0 saturated carbocycles. The summed E-state index contributed by atoms with van der Waals surface area (Å²) < 4.78 is 11.7. The van der Waals surface area contributed by atoms with Gasteiger partial charge in [0.25, 0.3) is 5.91 Å². The van der Waals surface area contributed by atoms with E-state index in [-0.39, 0.29) is 17.1 Å². The largest absolute Gasteiger partial charge is 0.494 e. The molecular weight excluding hydrogens is 414 g/mol. The Morgan fingerprint density at radius 3 is 2.42 bits per heavy atom. The Bertz CT molecular complexity index is 1420. The second-order valence-corrected chi connectivity index (χ2v) is 8.43. The van der Waals surface area contributed by atoms with E-state index in [2.05, 4.69) is 6.92 Å². The average molecular weight is 440 g/mol. The van der Waals surface area contributed by atoms with Crippen LogP contribution in [0.5, 0.6) is 5.75 Å². The van der Waals surface area contributed by atoms with E-state index < -0.39 is 6.04 Å². The molecule has 0 N–H and O–H groups in total. The van der Waals surface area contributed by atoms with Crippen molar-refractivity contribution >= 4 is 22.6 Å². The Kier molecular flexibility index (Phi) is 5.25.